The van der Waals surface area contributed by atoms with Crippen LogP contribution in [0.5, 0.6) is 23.0 Å². The van der Waals surface area contributed by atoms with Crippen molar-refractivity contribution in [1.82, 2.24) is 0 Å². The van der Waals surface area contributed by atoms with Gasteiger partial charge in [0.1, 0.15) is 23.0 Å². The van der Waals surface area contributed by atoms with E-state index in [0.717, 1.165) is 35.2 Å². The van der Waals surface area contributed by atoms with Crippen LogP contribution in [0.3, 0.4) is 0 Å². The van der Waals surface area contributed by atoms with E-state index in [9.17, 15) is 10.2 Å². The third kappa shape index (κ3) is 4.82. The van der Waals surface area contributed by atoms with Crippen molar-refractivity contribution in [3.8, 4) is 23.0 Å². The Morgan fingerprint density at radius 3 is 2.04 bits per heavy atom. The molecule has 0 aliphatic rings. The molecule has 5 heteroatoms. The summed E-state index contributed by atoms with van der Waals surface area (Å²) in [6.07, 6.45) is 3.78. The zero-order valence-corrected chi connectivity index (χ0v) is 17.0. The minimum atomic E-state index is -1.82. The molecule has 0 fully saturated rings. The van der Waals surface area contributed by atoms with E-state index < -0.39 is 8.32 Å². The van der Waals surface area contributed by atoms with Crippen molar-refractivity contribution in [3.05, 3.63) is 47.5 Å². The summed E-state index contributed by atoms with van der Waals surface area (Å²) in [6, 6.07) is 13.5. The molecule has 0 aliphatic heterocycles. The van der Waals surface area contributed by atoms with Gasteiger partial charge in [0.25, 0.3) is 8.32 Å². The maximum absolute atomic E-state index is 9.63. The molecule has 0 amide bonds. The Morgan fingerprint density at radius 2 is 1.50 bits per heavy atom. The average molecular weight is 373 g/mol. The van der Waals surface area contributed by atoms with Crippen molar-refractivity contribution < 1.29 is 19.4 Å². The molecule has 0 aliphatic carbocycles. The molecule has 0 atom stereocenters. The van der Waals surface area contributed by atoms with E-state index in [-0.39, 0.29) is 11.5 Å². The summed E-state index contributed by atoms with van der Waals surface area (Å²) in [7, 11) is -0.174. The largest absolute Gasteiger partial charge is 0.543 e. The molecule has 0 radical (unpaired) electrons. The lowest BCUT2D eigenvalue weighted by molar-refractivity contribution is 0.411. The van der Waals surface area contributed by atoms with Gasteiger partial charge >= 0.3 is 0 Å². The second-order valence-electron chi connectivity index (χ2n) is 6.37. The number of aromatic hydroxyl groups is 2. The number of phenols is 2. The van der Waals surface area contributed by atoms with Crippen LogP contribution in [0, 0.1) is 0 Å². The van der Waals surface area contributed by atoms with Gasteiger partial charge in [0.2, 0.25) is 0 Å². The van der Waals surface area contributed by atoms with Crippen LogP contribution in [-0.4, -0.2) is 25.6 Å². The number of phenolic OH excluding ortho intramolecular Hbond substituents is 2. The Hall–Kier alpha value is -2.40. The number of hydrogen-bond acceptors (Lipinski definition) is 4. The minimum absolute atomic E-state index is 0.0326. The number of ether oxygens (including phenoxy) is 1. The fourth-order valence-corrected chi connectivity index (χ4v) is 5.54. The van der Waals surface area contributed by atoms with Gasteiger partial charge in [-0.3, -0.25) is 0 Å². The first-order valence-corrected chi connectivity index (χ1v) is 11.6. The van der Waals surface area contributed by atoms with Gasteiger partial charge in [-0.25, -0.2) is 0 Å². The van der Waals surface area contributed by atoms with E-state index in [0.29, 0.717) is 5.56 Å². The van der Waals surface area contributed by atoms with Crippen molar-refractivity contribution in [3.63, 3.8) is 0 Å². The smallest absolute Gasteiger partial charge is 0.250 e. The predicted octanol–water partition coefficient (Wildman–Crippen LogP) is 5.66. The topological polar surface area (TPSA) is 58.9 Å². The van der Waals surface area contributed by atoms with Crippen LogP contribution in [0.1, 0.15) is 31.9 Å². The van der Waals surface area contributed by atoms with Crippen molar-refractivity contribution in [2.45, 2.75) is 38.9 Å². The molecule has 0 saturated carbocycles. The highest BCUT2D eigenvalue weighted by molar-refractivity contribution is 6.74. The number of rotatable bonds is 8. The lowest BCUT2D eigenvalue weighted by Gasteiger charge is -2.30. The molecule has 0 spiro atoms. The second-order valence-corrected chi connectivity index (χ2v) is 11.1. The minimum Gasteiger partial charge on any atom is -0.543 e. The molecular formula is C21H28O4Si. The molecule has 2 N–H and O–H groups in total. The first-order valence-electron chi connectivity index (χ1n) is 9.03. The van der Waals surface area contributed by atoms with Crippen molar-refractivity contribution in [2.24, 2.45) is 0 Å². The molecular weight excluding hydrogens is 344 g/mol. The molecule has 2 rings (SSSR count). The van der Waals surface area contributed by atoms with E-state index in [1.54, 1.807) is 19.2 Å². The van der Waals surface area contributed by atoms with E-state index in [2.05, 4.69) is 20.8 Å². The Kier molecular flexibility index (Phi) is 6.74. The molecule has 4 nitrogen and oxygen atoms in total. The molecule has 0 saturated heterocycles. The fraction of sp³-hybridized carbons (Fsp3) is 0.333. The summed E-state index contributed by atoms with van der Waals surface area (Å²) < 4.78 is 11.9. The van der Waals surface area contributed by atoms with Crippen LogP contribution in [-0.2, 0) is 0 Å². The van der Waals surface area contributed by atoms with E-state index in [1.165, 1.54) is 6.07 Å². The van der Waals surface area contributed by atoms with Crippen molar-refractivity contribution in [2.75, 3.05) is 7.11 Å². The van der Waals surface area contributed by atoms with Gasteiger partial charge in [-0.2, -0.15) is 0 Å². The van der Waals surface area contributed by atoms with Crippen LogP contribution < -0.4 is 9.16 Å². The monoisotopic (exact) mass is 372 g/mol. The van der Waals surface area contributed by atoms with Gasteiger partial charge in [0.15, 0.2) is 0 Å². The van der Waals surface area contributed by atoms with Crippen LogP contribution >= 0.6 is 0 Å². The van der Waals surface area contributed by atoms with Crippen LogP contribution in [0.15, 0.2) is 36.4 Å². The van der Waals surface area contributed by atoms with Crippen molar-refractivity contribution in [1.29, 1.82) is 0 Å². The quantitative estimate of drug-likeness (QED) is 0.463. The third-order valence-corrected chi connectivity index (χ3v) is 9.38. The standard InChI is InChI=1S/C21H28O4Si/c1-5-26(6-2,7-3)25-21-15-20(24-4)11-10-17(21)9-8-16-12-18(22)14-19(23)13-16/h8-15,22-23H,5-7H2,1-4H3. The molecule has 0 bridgehead atoms. The maximum atomic E-state index is 9.63. The summed E-state index contributed by atoms with van der Waals surface area (Å²) >= 11 is 0. The number of benzene rings is 2. The van der Waals surface area contributed by atoms with E-state index in [4.69, 9.17) is 9.16 Å². The Labute approximate surface area is 156 Å². The Morgan fingerprint density at radius 1 is 0.885 bits per heavy atom. The van der Waals surface area contributed by atoms with Gasteiger partial charge in [0, 0.05) is 17.7 Å². The SMILES string of the molecule is CC[Si](CC)(CC)Oc1cc(OC)ccc1C=Cc1cc(O)cc(O)c1. The third-order valence-electron chi connectivity index (χ3n) is 4.86. The Balaban J connectivity index is 2.40. The molecule has 2 aromatic rings. The van der Waals surface area contributed by atoms with Gasteiger partial charge in [-0.1, -0.05) is 32.9 Å². The second kappa shape index (κ2) is 8.81. The fourth-order valence-electron chi connectivity index (χ4n) is 2.97. The molecule has 0 aromatic heterocycles. The molecule has 2 aromatic carbocycles. The van der Waals surface area contributed by atoms with E-state index >= 15 is 0 Å². The van der Waals surface area contributed by atoms with Crippen molar-refractivity contribution >= 4 is 20.5 Å². The maximum Gasteiger partial charge on any atom is 0.250 e. The first-order chi connectivity index (χ1) is 12.4. The van der Waals surface area contributed by atoms with Gasteiger partial charge in [0.05, 0.1) is 7.11 Å². The number of hydrogen-bond donors (Lipinski definition) is 2. The van der Waals surface area contributed by atoms with Crippen LogP contribution in [0.25, 0.3) is 12.2 Å². The summed E-state index contributed by atoms with van der Waals surface area (Å²) in [5.41, 5.74) is 1.66. The normalized spacial score (nSPS) is 11.7. The molecule has 140 valence electrons. The zero-order valence-electron chi connectivity index (χ0n) is 16.0. The highest BCUT2D eigenvalue weighted by Gasteiger charge is 2.31. The average Bonchev–Trinajstić information content (AvgIpc) is 2.64. The lowest BCUT2D eigenvalue weighted by Crippen LogP contribution is -2.39. The first kappa shape index (κ1) is 19.9. The summed E-state index contributed by atoms with van der Waals surface area (Å²) in [4.78, 5) is 0. The molecule has 0 unspecified atom stereocenters. The summed E-state index contributed by atoms with van der Waals surface area (Å²) in [6.45, 7) is 6.60. The molecule has 0 heterocycles. The van der Waals surface area contributed by atoms with Crippen LogP contribution in [0.4, 0.5) is 0 Å². The van der Waals surface area contributed by atoms with E-state index in [1.807, 2.05) is 30.4 Å². The highest BCUT2D eigenvalue weighted by Crippen LogP contribution is 2.32. The lowest BCUT2D eigenvalue weighted by atomic mass is 10.1. The number of methoxy groups -OCH3 is 1. The van der Waals surface area contributed by atoms with Gasteiger partial charge in [-0.15, -0.1) is 0 Å². The predicted molar refractivity (Wildman–Crippen MR) is 110 cm³/mol. The summed E-state index contributed by atoms with van der Waals surface area (Å²) in [5.74, 6) is 1.65. The van der Waals surface area contributed by atoms with Gasteiger partial charge in [-0.05, 0) is 48.0 Å². The zero-order chi connectivity index (χ0) is 19.2. The van der Waals surface area contributed by atoms with Gasteiger partial charge < -0.3 is 19.4 Å². The highest BCUT2D eigenvalue weighted by atomic mass is 28.4. The molecule has 26 heavy (non-hydrogen) atoms. The summed E-state index contributed by atoms with van der Waals surface area (Å²) in [5, 5.41) is 19.3. The Bertz CT molecular complexity index is 738. The van der Waals surface area contributed by atoms with Crippen LogP contribution in [0.2, 0.25) is 18.1 Å².